The lowest BCUT2D eigenvalue weighted by Crippen LogP contribution is -2.37. The number of anilines is 2. The van der Waals surface area contributed by atoms with Gasteiger partial charge in [0.15, 0.2) is 11.5 Å². The maximum atomic E-state index is 11.5. The molecule has 3 N–H and O–H groups in total. The van der Waals surface area contributed by atoms with Gasteiger partial charge in [0.2, 0.25) is 5.95 Å². The van der Waals surface area contributed by atoms with Crippen LogP contribution in [0.15, 0.2) is 36.7 Å². The van der Waals surface area contributed by atoms with Gasteiger partial charge in [-0.3, -0.25) is 10.0 Å². The van der Waals surface area contributed by atoms with E-state index < -0.39 is 5.91 Å². The molecule has 1 fully saturated rings. The summed E-state index contributed by atoms with van der Waals surface area (Å²) in [5.74, 6) is 2.79. The van der Waals surface area contributed by atoms with E-state index in [0.29, 0.717) is 29.3 Å². The zero-order valence-corrected chi connectivity index (χ0v) is 22.6. The van der Waals surface area contributed by atoms with Crippen molar-refractivity contribution in [3.05, 3.63) is 47.9 Å². The van der Waals surface area contributed by atoms with E-state index in [0.717, 1.165) is 60.5 Å². The van der Waals surface area contributed by atoms with Crippen LogP contribution in [0, 0.1) is 11.8 Å². The number of ether oxygens (including phenoxy) is 3. The number of hydroxylamine groups is 1. The first-order valence-corrected chi connectivity index (χ1v) is 13.1. The molecule has 1 aromatic carbocycles. The molecule has 206 valence electrons. The minimum absolute atomic E-state index is 0.108. The summed E-state index contributed by atoms with van der Waals surface area (Å²) in [7, 11) is 3.25. The van der Waals surface area contributed by atoms with E-state index in [1.165, 1.54) is 12.4 Å². The highest BCUT2D eigenvalue weighted by Crippen LogP contribution is 2.38. The van der Waals surface area contributed by atoms with Crippen LogP contribution in [0.25, 0.3) is 16.7 Å². The Kier molecular flexibility index (Phi) is 7.69. The molecule has 4 heterocycles. The number of aromatic nitrogens is 3. The van der Waals surface area contributed by atoms with Crippen LogP contribution < -0.4 is 25.2 Å². The van der Waals surface area contributed by atoms with Gasteiger partial charge in [-0.1, -0.05) is 6.92 Å². The summed E-state index contributed by atoms with van der Waals surface area (Å²) < 4.78 is 17.2. The van der Waals surface area contributed by atoms with Gasteiger partial charge in [-0.25, -0.2) is 20.4 Å². The molecular weight excluding hydrogens is 500 g/mol. The number of rotatable bonds is 8. The highest BCUT2D eigenvalue weighted by atomic mass is 16.5. The predicted molar refractivity (Wildman–Crippen MR) is 147 cm³/mol. The Morgan fingerprint density at radius 1 is 1.10 bits per heavy atom. The number of nitrogens with zero attached hydrogens (tertiary/aromatic N) is 4. The summed E-state index contributed by atoms with van der Waals surface area (Å²) >= 11 is 0. The number of amides is 1. The van der Waals surface area contributed by atoms with Gasteiger partial charge in [0.25, 0.3) is 5.91 Å². The molecule has 2 aliphatic heterocycles. The molecule has 0 bridgehead atoms. The highest BCUT2D eigenvalue weighted by molar-refractivity contribution is 5.95. The Morgan fingerprint density at radius 3 is 2.41 bits per heavy atom. The SMILES string of the molecule is COc1cc2nc(C3=CC(C)C(C)O3)cc(NCC3CCN(c4ncc(C(=O)NO)cn4)CC3)c2cc1OC. The number of hydrogen-bond donors (Lipinski definition) is 3. The van der Waals surface area contributed by atoms with Crippen molar-refractivity contribution in [2.24, 2.45) is 11.8 Å². The number of fused-ring (bicyclic) bond motifs is 1. The second kappa shape index (κ2) is 11.3. The summed E-state index contributed by atoms with van der Waals surface area (Å²) in [6.07, 6.45) is 7.00. The minimum atomic E-state index is -0.631. The second-order valence-corrected chi connectivity index (χ2v) is 10.0. The molecule has 5 rings (SSSR count). The number of methoxy groups -OCH3 is 2. The van der Waals surface area contributed by atoms with Gasteiger partial charge >= 0.3 is 0 Å². The largest absolute Gasteiger partial charge is 0.493 e. The molecule has 11 heteroatoms. The van der Waals surface area contributed by atoms with Crippen LogP contribution >= 0.6 is 0 Å². The Morgan fingerprint density at radius 2 is 1.79 bits per heavy atom. The fourth-order valence-electron chi connectivity index (χ4n) is 4.95. The van der Waals surface area contributed by atoms with Crippen molar-refractivity contribution in [3.63, 3.8) is 0 Å². The van der Waals surface area contributed by atoms with Crippen LogP contribution in [0.4, 0.5) is 11.6 Å². The fraction of sp³-hybridized carbons (Fsp3) is 0.429. The topological polar surface area (TPSA) is 131 Å². The van der Waals surface area contributed by atoms with Gasteiger partial charge in [0.05, 0.1) is 25.3 Å². The molecule has 0 spiro atoms. The summed E-state index contributed by atoms with van der Waals surface area (Å²) in [6, 6.07) is 5.92. The quantitative estimate of drug-likeness (QED) is 0.289. The number of carbonyl (C=O) groups excluding carboxylic acids is 1. The number of nitrogens with one attached hydrogen (secondary N) is 2. The van der Waals surface area contributed by atoms with Gasteiger partial charge in [0, 0.05) is 55.1 Å². The minimum Gasteiger partial charge on any atom is -0.493 e. The van der Waals surface area contributed by atoms with E-state index in [2.05, 4.69) is 46.2 Å². The number of hydrogen-bond acceptors (Lipinski definition) is 10. The molecule has 2 unspecified atom stereocenters. The Labute approximate surface area is 227 Å². The molecule has 3 aromatic rings. The first kappa shape index (κ1) is 26.5. The Hall–Kier alpha value is -4.12. The van der Waals surface area contributed by atoms with E-state index in [1.54, 1.807) is 19.7 Å². The number of carbonyl (C=O) groups is 1. The lowest BCUT2D eigenvalue weighted by atomic mass is 9.96. The van der Waals surface area contributed by atoms with Crippen molar-refractivity contribution in [1.29, 1.82) is 0 Å². The van der Waals surface area contributed by atoms with Crippen LogP contribution in [0.1, 0.15) is 42.7 Å². The zero-order chi connectivity index (χ0) is 27.5. The van der Waals surface area contributed by atoms with Crippen LogP contribution in [0.3, 0.4) is 0 Å². The van der Waals surface area contributed by atoms with E-state index in [1.807, 2.05) is 12.1 Å². The number of pyridine rings is 1. The third-order valence-electron chi connectivity index (χ3n) is 7.51. The molecule has 0 aliphatic carbocycles. The molecule has 39 heavy (non-hydrogen) atoms. The average molecular weight is 535 g/mol. The maximum absolute atomic E-state index is 11.5. The monoisotopic (exact) mass is 534 g/mol. The first-order chi connectivity index (χ1) is 18.9. The van der Waals surface area contributed by atoms with Gasteiger partial charge in [-0.15, -0.1) is 0 Å². The van der Waals surface area contributed by atoms with Crippen LogP contribution in [0.5, 0.6) is 11.5 Å². The molecule has 2 atom stereocenters. The molecule has 2 aromatic heterocycles. The third-order valence-corrected chi connectivity index (χ3v) is 7.51. The zero-order valence-electron chi connectivity index (χ0n) is 22.6. The number of benzene rings is 1. The summed E-state index contributed by atoms with van der Waals surface area (Å²) in [6.45, 7) is 6.62. The number of piperidine rings is 1. The van der Waals surface area contributed by atoms with Crippen molar-refractivity contribution in [2.75, 3.05) is 44.1 Å². The molecule has 1 saturated heterocycles. The van der Waals surface area contributed by atoms with Gasteiger partial charge in [-0.2, -0.15) is 0 Å². The van der Waals surface area contributed by atoms with Gasteiger partial charge < -0.3 is 24.4 Å². The van der Waals surface area contributed by atoms with Crippen molar-refractivity contribution < 1.29 is 24.2 Å². The fourth-order valence-corrected chi connectivity index (χ4v) is 4.95. The molecule has 2 aliphatic rings. The highest BCUT2D eigenvalue weighted by Gasteiger charge is 2.25. The summed E-state index contributed by atoms with van der Waals surface area (Å²) in [5, 5.41) is 13.4. The van der Waals surface area contributed by atoms with Gasteiger partial charge in [0.1, 0.15) is 17.6 Å². The lowest BCUT2D eigenvalue weighted by Gasteiger charge is -2.32. The molecule has 0 radical (unpaired) electrons. The maximum Gasteiger partial charge on any atom is 0.277 e. The molecule has 11 nitrogen and oxygen atoms in total. The normalized spacial score (nSPS) is 19.4. The first-order valence-electron chi connectivity index (χ1n) is 13.1. The van der Waals surface area contributed by atoms with E-state index in [-0.39, 0.29) is 11.7 Å². The smallest absolute Gasteiger partial charge is 0.277 e. The standard InChI is InChI=1S/C28H34N6O5/c1-16-9-24(39-17(16)2)23-11-21(20-10-25(37-3)26(38-4)12-22(20)32-23)29-13-18-5-7-34(8-6-18)28-30-14-19(15-31-28)27(35)33-36/h9-12,14-18,36H,5-8,13H2,1-4H3,(H,29,32)(H,33,35). The Bertz CT molecular complexity index is 1370. The van der Waals surface area contributed by atoms with Gasteiger partial charge in [-0.05, 0) is 43.9 Å². The molecule has 0 saturated carbocycles. The Balaban J connectivity index is 1.32. The van der Waals surface area contributed by atoms with Crippen molar-refractivity contribution in [2.45, 2.75) is 32.8 Å². The third kappa shape index (κ3) is 5.53. The van der Waals surface area contributed by atoms with E-state index in [4.69, 9.17) is 24.4 Å². The van der Waals surface area contributed by atoms with Crippen LogP contribution in [-0.2, 0) is 4.74 Å². The van der Waals surface area contributed by atoms with Crippen LogP contribution in [-0.4, -0.2) is 66.0 Å². The summed E-state index contributed by atoms with van der Waals surface area (Å²) in [4.78, 5) is 27.1. The predicted octanol–water partition coefficient (Wildman–Crippen LogP) is 3.89. The second-order valence-electron chi connectivity index (χ2n) is 10.0. The molecular formula is C28H34N6O5. The van der Waals surface area contributed by atoms with Crippen LogP contribution in [0.2, 0.25) is 0 Å². The van der Waals surface area contributed by atoms with E-state index >= 15 is 0 Å². The molecule has 1 amide bonds. The lowest BCUT2D eigenvalue weighted by molar-refractivity contribution is 0.0705. The van der Waals surface area contributed by atoms with E-state index in [9.17, 15) is 4.79 Å². The van der Waals surface area contributed by atoms with Crippen molar-refractivity contribution in [1.82, 2.24) is 20.4 Å². The van der Waals surface area contributed by atoms with Crippen molar-refractivity contribution in [3.8, 4) is 11.5 Å². The van der Waals surface area contributed by atoms with Crippen molar-refractivity contribution >= 4 is 34.2 Å². The summed E-state index contributed by atoms with van der Waals surface area (Å²) in [5.41, 5.74) is 4.36. The average Bonchev–Trinajstić information content (AvgIpc) is 3.32.